The molecule has 0 radical (unpaired) electrons. The summed E-state index contributed by atoms with van der Waals surface area (Å²) in [5, 5.41) is 5.05. The summed E-state index contributed by atoms with van der Waals surface area (Å²) in [5.41, 5.74) is 5.13. The number of unbranched alkanes of at least 4 members (excludes halogenated alkanes) is 4. The Balaban J connectivity index is 1.66. The van der Waals surface area contributed by atoms with Crippen molar-refractivity contribution in [3.8, 4) is 5.75 Å². The standard InChI is InChI=1S/C27H43N3O/c1-4-6-10-18-30(19-11-7-5-2)20-12-17-28-27-23-13-8-9-14-25(23)29-26-16-15-22(31-3)21-24(26)27/h15-16,21H,4-14,17-20H2,1-3H3,(H,28,29). The van der Waals surface area contributed by atoms with E-state index in [-0.39, 0.29) is 0 Å². The van der Waals surface area contributed by atoms with Gasteiger partial charge in [0.15, 0.2) is 0 Å². The van der Waals surface area contributed by atoms with E-state index >= 15 is 0 Å². The van der Waals surface area contributed by atoms with Crippen LogP contribution in [0.25, 0.3) is 10.9 Å². The molecule has 4 heteroatoms. The minimum atomic E-state index is 0.908. The molecule has 1 aliphatic rings. The Bertz CT molecular complexity index is 795. The van der Waals surface area contributed by atoms with E-state index in [1.54, 1.807) is 7.11 Å². The SMILES string of the molecule is CCCCCN(CCCCC)CCCNc1c2c(nc3ccc(OC)cc13)CCCC2. The van der Waals surface area contributed by atoms with Crippen LogP contribution in [0, 0.1) is 0 Å². The van der Waals surface area contributed by atoms with E-state index in [1.165, 1.54) is 99.8 Å². The zero-order chi connectivity index (χ0) is 21.9. The Labute approximate surface area is 189 Å². The molecule has 1 heterocycles. The fourth-order valence-electron chi connectivity index (χ4n) is 4.75. The van der Waals surface area contributed by atoms with Crippen LogP contribution in [0.1, 0.15) is 82.9 Å². The molecule has 31 heavy (non-hydrogen) atoms. The highest BCUT2D eigenvalue weighted by Gasteiger charge is 2.18. The minimum Gasteiger partial charge on any atom is -0.497 e. The molecule has 0 saturated heterocycles. The molecule has 3 rings (SSSR count). The number of ether oxygens (including phenoxy) is 1. The molecule has 1 aromatic heterocycles. The van der Waals surface area contributed by atoms with Crippen LogP contribution in [-0.2, 0) is 12.8 Å². The predicted octanol–water partition coefficient (Wildman–Crippen LogP) is 6.61. The van der Waals surface area contributed by atoms with Crippen LogP contribution in [0.3, 0.4) is 0 Å². The number of rotatable bonds is 14. The molecule has 0 saturated carbocycles. The lowest BCUT2D eigenvalue weighted by Crippen LogP contribution is -2.28. The van der Waals surface area contributed by atoms with E-state index in [9.17, 15) is 0 Å². The van der Waals surface area contributed by atoms with Crippen LogP contribution in [0.2, 0.25) is 0 Å². The number of hydrogen-bond donors (Lipinski definition) is 1. The first kappa shape index (κ1) is 23.8. The lowest BCUT2D eigenvalue weighted by Gasteiger charge is -2.24. The number of fused-ring (bicyclic) bond motifs is 2. The monoisotopic (exact) mass is 425 g/mol. The summed E-state index contributed by atoms with van der Waals surface area (Å²) in [4.78, 5) is 7.68. The molecular formula is C27H43N3O. The van der Waals surface area contributed by atoms with Gasteiger partial charge in [0.25, 0.3) is 0 Å². The van der Waals surface area contributed by atoms with Gasteiger partial charge in [-0.15, -0.1) is 0 Å². The Morgan fingerprint density at radius 2 is 1.65 bits per heavy atom. The lowest BCUT2D eigenvalue weighted by atomic mass is 9.92. The van der Waals surface area contributed by atoms with Gasteiger partial charge < -0.3 is 15.0 Å². The molecule has 0 unspecified atom stereocenters. The van der Waals surface area contributed by atoms with Gasteiger partial charge in [-0.25, -0.2) is 0 Å². The number of aromatic nitrogens is 1. The zero-order valence-corrected chi connectivity index (χ0v) is 20.1. The summed E-state index contributed by atoms with van der Waals surface area (Å²) in [7, 11) is 1.74. The molecule has 0 bridgehead atoms. The number of aryl methyl sites for hydroxylation is 1. The van der Waals surface area contributed by atoms with Crippen LogP contribution >= 0.6 is 0 Å². The van der Waals surface area contributed by atoms with Gasteiger partial charge in [-0.3, -0.25) is 4.98 Å². The van der Waals surface area contributed by atoms with Gasteiger partial charge in [-0.05, 0) is 88.3 Å². The van der Waals surface area contributed by atoms with Gasteiger partial charge >= 0.3 is 0 Å². The zero-order valence-electron chi connectivity index (χ0n) is 20.1. The van der Waals surface area contributed by atoms with E-state index in [0.29, 0.717) is 0 Å². The van der Waals surface area contributed by atoms with E-state index < -0.39 is 0 Å². The van der Waals surface area contributed by atoms with Crippen LogP contribution in [-0.4, -0.2) is 43.2 Å². The third-order valence-corrected chi connectivity index (χ3v) is 6.58. The van der Waals surface area contributed by atoms with Crippen molar-refractivity contribution in [2.45, 2.75) is 84.5 Å². The molecule has 172 valence electrons. The number of methoxy groups -OCH3 is 1. The van der Waals surface area contributed by atoms with Crippen molar-refractivity contribution in [1.29, 1.82) is 0 Å². The van der Waals surface area contributed by atoms with Crippen LogP contribution in [0.4, 0.5) is 5.69 Å². The summed E-state index contributed by atoms with van der Waals surface area (Å²) < 4.78 is 5.51. The molecule has 2 aromatic rings. The van der Waals surface area contributed by atoms with Gasteiger partial charge in [0.05, 0.1) is 12.6 Å². The van der Waals surface area contributed by atoms with Crippen molar-refractivity contribution >= 4 is 16.6 Å². The second kappa shape index (κ2) is 12.9. The van der Waals surface area contributed by atoms with Crippen LogP contribution < -0.4 is 10.1 Å². The summed E-state index contributed by atoms with van der Waals surface area (Å²) in [6.45, 7) is 9.29. The maximum atomic E-state index is 5.51. The smallest absolute Gasteiger partial charge is 0.119 e. The normalized spacial score (nSPS) is 13.5. The molecule has 0 spiro atoms. The second-order valence-corrected chi connectivity index (χ2v) is 9.04. The van der Waals surface area contributed by atoms with Crippen molar-refractivity contribution in [2.24, 2.45) is 0 Å². The number of hydrogen-bond acceptors (Lipinski definition) is 4. The van der Waals surface area contributed by atoms with Crippen LogP contribution in [0.15, 0.2) is 18.2 Å². The van der Waals surface area contributed by atoms with Crippen molar-refractivity contribution < 1.29 is 4.74 Å². The first-order valence-corrected chi connectivity index (χ1v) is 12.7. The molecule has 1 N–H and O–H groups in total. The summed E-state index contributed by atoms with van der Waals surface area (Å²) in [6, 6.07) is 6.29. The number of nitrogens with zero attached hydrogens (tertiary/aromatic N) is 2. The summed E-state index contributed by atoms with van der Waals surface area (Å²) >= 11 is 0. The molecule has 1 aromatic carbocycles. The first-order chi connectivity index (χ1) is 15.3. The van der Waals surface area contributed by atoms with Gasteiger partial charge in [0.1, 0.15) is 5.75 Å². The minimum absolute atomic E-state index is 0.908. The molecule has 0 aliphatic heterocycles. The quantitative estimate of drug-likeness (QED) is 0.346. The summed E-state index contributed by atoms with van der Waals surface area (Å²) in [5.74, 6) is 0.908. The Morgan fingerprint density at radius 3 is 2.35 bits per heavy atom. The molecule has 0 amide bonds. The molecule has 4 nitrogen and oxygen atoms in total. The van der Waals surface area contributed by atoms with Gasteiger partial charge in [0, 0.05) is 23.3 Å². The molecular weight excluding hydrogens is 382 g/mol. The lowest BCUT2D eigenvalue weighted by molar-refractivity contribution is 0.261. The maximum Gasteiger partial charge on any atom is 0.119 e. The second-order valence-electron chi connectivity index (χ2n) is 9.04. The maximum absolute atomic E-state index is 5.51. The Morgan fingerprint density at radius 1 is 0.935 bits per heavy atom. The number of anilines is 1. The Kier molecular flexibility index (Phi) is 9.92. The highest BCUT2D eigenvalue weighted by Crippen LogP contribution is 2.35. The largest absolute Gasteiger partial charge is 0.497 e. The third-order valence-electron chi connectivity index (χ3n) is 6.58. The van der Waals surface area contributed by atoms with Gasteiger partial charge in [-0.2, -0.15) is 0 Å². The fourth-order valence-corrected chi connectivity index (χ4v) is 4.75. The van der Waals surface area contributed by atoms with Crippen LogP contribution in [0.5, 0.6) is 5.75 Å². The van der Waals surface area contributed by atoms with E-state index in [4.69, 9.17) is 9.72 Å². The third kappa shape index (κ3) is 6.83. The van der Waals surface area contributed by atoms with Gasteiger partial charge in [0.2, 0.25) is 0 Å². The predicted molar refractivity (Wildman–Crippen MR) is 134 cm³/mol. The van der Waals surface area contributed by atoms with Crippen molar-refractivity contribution in [2.75, 3.05) is 38.6 Å². The van der Waals surface area contributed by atoms with Crippen molar-refractivity contribution in [1.82, 2.24) is 9.88 Å². The topological polar surface area (TPSA) is 37.4 Å². The first-order valence-electron chi connectivity index (χ1n) is 12.7. The highest BCUT2D eigenvalue weighted by molar-refractivity contribution is 5.94. The highest BCUT2D eigenvalue weighted by atomic mass is 16.5. The van der Waals surface area contributed by atoms with Gasteiger partial charge in [-0.1, -0.05) is 39.5 Å². The van der Waals surface area contributed by atoms with Crippen molar-refractivity contribution in [3.63, 3.8) is 0 Å². The molecule has 0 atom stereocenters. The Hall–Kier alpha value is -1.81. The fraction of sp³-hybridized carbons (Fsp3) is 0.667. The number of nitrogens with one attached hydrogen (secondary N) is 1. The van der Waals surface area contributed by atoms with E-state index in [0.717, 1.165) is 30.7 Å². The van der Waals surface area contributed by atoms with E-state index in [2.05, 4.69) is 36.2 Å². The molecule has 1 aliphatic carbocycles. The average molecular weight is 426 g/mol. The number of benzene rings is 1. The van der Waals surface area contributed by atoms with Crippen molar-refractivity contribution in [3.05, 3.63) is 29.5 Å². The number of pyridine rings is 1. The summed E-state index contributed by atoms with van der Waals surface area (Å²) in [6.07, 6.45) is 13.9. The average Bonchev–Trinajstić information content (AvgIpc) is 2.80. The van der Waals surface area contributed by atoms with E-state index in [1.807, 2.05) is 6.07 Å². The molecule has 0 fully saturated rings.